The van der Waals surface area contributed by atoms with Gasteiger partial charge >= 0.3 is 5.97 Å². The summed E-state index contributed by atoms with van der Waals surface area (Å²) in [5.41, 5.74) is 0. The summed E-state index contributed by atoms with van der Waals surface area (Å²) in [5, 5.41) is 14.6. The van der Waals surface area contributed by atoms with Crippen molar-refractivity contribution in [2.45, 2.75) is 57.7 Å². The van der Waals surface area contributed by atoms with Gasteiger partial charge in [-0.25, -0.2) is 0 Å². The van der Waals surface area contributed by atoms with Gasteiger partial charge in [0.1, 0.15) is 6.04 Å². The summed E-state index contributed by atoms with van der Waals surface area (Å²) in [7, 11) is 0. The van der Waals surface area contributed by atoms with Gasteiger partial charge in [-0.15, -0.1) is 0 Å². The molecule has 1 saturated carbocycles. The smallest absolute Gasteiger partial charge is 0.320 e. The lowest BCUT2D eigenvalue weighted by Gasteiger charge is -2.19. The number of carbonyl (C=O) groups is 2. The van der Waals surface area contributed by atoms with Gasteiger partial charge in [0.2, 0.25) is 5.91 Å². The lowest BCUT2D eigenvalue weighted by atomic mass is 10.1. The molecule has 0 aromatic rings. The molecule has 0 bridgehead atoms. The van der Waals surface area contributed by atoms with Crippen LogP contribution in [-0.4, -0.2) is 35.1 Å². The fourth-order valence-electron chi connectivity index (χ4n) is 1.50. The van der Waals surface area contributed by atoms with Crippen LogP contribution in [0.3, 0.4) is 0 Å². The fraction of sp³-hybridized carbons (Fsp3) is 0.818. The summed E-state index contributed by atoms with van der Waals surface area (Å²) in [6, 6.07) is -0.774. The zero-order valence-electron chi connectivity index (χ0n) is 9.82. The predicted octanol–water partition coefficient (Wildman–Crippen LogP) is 0.496. The Morgan fingerprint density at radius 3 is 2.50 bits per heavy atom. The van der Waals surface area contributed by atoms with Gasteiger partial charge in [-0.3, -0.25) is 14.9 Å². The van der Waals surface area contributed by atoms with E-state index in [1.807, 2.05) is 6.92 Å². The van der Waals surface area contributed by atoms with E-state index in [9.17, 15) is 9.59 Å². The Morgan fingerprint density at radius 2 is 2.06 bits per heavy atom. The lowest BCUT2D eigenvalue weighted by molar-refractivity contribution is -0.140. The van der Waals surface area contributed by atoms with Crippen LogP contribution in [-0.2, 0) is 9.59 Å². The Morgan fingerprint density at radius 1 is 1.44 bits per heavy atom. The normalized spacial score (nSPS) is 18.9. The highest BCUT2D eigenvalue weighted by Crippen LogP contribution is 2.18. The molecule has 0 heterocycles. The van der Waals surface area contributed by atoms with Crippen molar-refractivity contribution in [3.63, 3.8) is 0 Å². The number of carbonyl (C=O) groups excluding carboxylic acids is 1. The van der Waals surface area contributed by atoms with E-state index in [0.29, 0.717) is 12.5 Å². The van der Waals surface area contributed by atoms with E-state index >= 15 is 0 Å². The summed E-state index contributed by atoms with van der Waals surface area (Å²) in [6.07, 6.45) is 3.39. The highest BCUT2D eigenvalue weighted by molar-refractivity contribution is 5.83. The second-order valence-corrected chi connectivity index (χ2v) is 4.35. The van der Waals surface area contributed by atoms with Crippen molar-refractivity contribution in [3.8, 4) is 0 Å². The van der Waals surface area contributed by atoms with Crippen LogP contribution in [0.2, 0.25) is 0 Å². The third-order valence-corrected chi connectivity index (χ3v) is 2.64. The molecule has 5 heteroatoms. The van der Waals surface area contributed by atoms with Crippen molar-refractivity contribution in [1.29, 1.82) is 0 Å². The second kappa shape index (κ2) is 5.84. The number of amides is 1. The second-order valence-electron chi connectivity index (χ2n) is 4.35. The maximum Gasteiger partial charge on any atom is 0.320 e. The van der Waals surface area contributed by atoms with Crippen LogP contribution in [0, 0.1) is 0 Å². The minimum absolute atomic E-state index is 0.107. The van der Waals surface area contributed by atoms with Gasteiger partial charge in [0.25, 0.3) is 0 Å². The zero-order valence-corrected chi connectivity index (χ0v) is 9.82. The first kappa shape index (κ1) is 13.0. The van der Waals surface area contributed by atoms with E-state index in [2.05, 4.69) is 10.6 Å². The molecule has 1 rings (SSSR count). The quantitative estimate of drug-likeness (QED) is 0.593. The van der Waals surface area contributed by atoms with Crippen LogP contribution < -0.4 is 10.6 Å². The molecule has 1 aliphatic rings. The molecule has 1 aliphatic carbocycles. The monoisotopic (exact) mass is 228 g/mol. The SMILES string of the molecule is CCCC(NC(C)C(=O)NC1CC1)C(=O)O. The van der Waals surface area contributed by atoms with Crippen molar-refractivity contribution in [2.24, 2.45) is 0 Å². The van der Waals surface area contributed by atoms with E-state index in [4.69, 9.17) is 5.11 Å². The number of hydrogen-bond acceptors (Lipinski definition) is 3. The molecule has 1 amide bonds. The van der Waals surface area contributed by atoms with E-state index in [1.54, 1.807) is 6.92 Å². The van der Waals surface area contributed by atoms with Crippen LogP contribution in [0.25, 0.3) is 0 Å². The van der Waals surface area contributed by atoms with E-state index < -0.39 is 18.1 Å². The first-order valence-corrected chi connectivity index (χ1v) is 5.83. The molecule has 0 aromatic carbocycles. The predicted molar refractivity (Wildman–Crippen MR) is 60.1 cm³/mol. The molecule has 0 spiro atoms. The summed E-state index contributed by atoms with van der Waals surface area (Å²) < 4.78 is 0. The Hall–Kier alpha value is -1.10. The highest BCUT2D eigenvalue weighted by atomic mass is 16.4. The maximum absolute atomic E-state index is 11.6. The Balaban J connectivity index is 2.36. The molecular formula is C11H20N2O3. The highest BCUT2D eigenvalue weighted by Gasteiger charge is 2.27. The van der Waals surface area contributed by atoms with Crippen molar-refractivity contribution >= 4 is 11.9 Å². The average molecular weight is 228 g/mol. The number of hydrogen-bond donors (Lipinski definition) is 3. The Labute approximate surface area is 95.6 Å². The van der Waals surface area contributed by atoms with Gasteiger partial charge < -0.3 is 10.4 Å². The van der Waals surface area contributed by atoms with Crippen molar-refractivity contribution in [1.82, 2.24) is 10.6 Å². The van der Waals surface area contributed by atoms with E-state index in [0.717, 1.165) is 19.3 Å². The summed E-state index contributed by atoms with van der Waals surface area (Å²) in [4.78, 5) is 22.5. The minimum atomic E-state index is -0.895. The molecule has 3 N–H and O–H groups in total. The molecule has 92 valence electrons. The van der Waals surface area contributed by atoms with Crippen molar-refractivity contribution in [2.75, 3.05) is 0 Å². The number of rotatable bonds is 7. The van der Waals surface area contributed by atoms with Crippen molar-refractivity contribution in [3.05, 3.63) is 0 Å². The van der Waals surface area contributed by atoms with Gasteiger partial charge in [0.05, 0.1) is 6.04 Å². The third-order valence-electron chi connectivity index (χ3n) is 2.64. The first-order valence-electron chi connectivity index (χ1n) is 5.83. The summed E-state index contributed by atoms with van der Waals surface area (Å²) in [6.45, 7) is 3.62. The number of nitrogens with one attached hydrogen (secondary N) is 2. The molecule has 5 nitrogen and oxygen atoms in total. The van der Waals surface area contributed by atoms with Crippen LogP contribution >= 0.6 is 0 Å². The molecule has 0 radical (unpaired) electrons. The lowest BCUT2D eigenvalue weighted by Crippen LogP contribution is -2.49. The standard InChI is InChI=1S/C11H20N2O3/c1-3-4-9(11(15)16)12-7(2)10(14)13-8-5-6-8/h7-9,12H,3-6H2,1-2H3,(H,13,14)(H,15,16). The molecule has 2 atom stereocenters. The van der Waals surface area contributed by atoms with Gasteiger partial charge in [0, 0.05) is 6.04 Å². The number of carboxylic acid groups (broad SMARTS) is 1. The average Bonchev–Trinajstić information content (AvgIpc) is 3.00. The topological polar surface area (TPSA) is 78.4 Å². The van der Waals surface area contributed by atoms with Gasteiger partial charge in [-0.2, -0.15) is 0 Å². The number of carboxylic acids is 1. The van der Waals surface area contributed by atoms with Gasteiger partial charge in [-0.1, -0.05) is 13.3 Å². The van der Waals surface area contributed by atoms with Crippen LogP contribution in [0.5, 0.6) is 0 Å². The van der Waals surface area contributed by atoms with Crippen molar-refractivity contribution < 1.29 is 14.7 Å². The maximum atomic E-state index is 11.6. The fourth-order valence-corrected chi connectivity index (χ4v) is 1.50. The summed E-state index contributed by atoms with van der Waals surface area (Å²) in [5.74, 6) is -1.00. The molecule has 16 heavy (non-hydrogen) atoms. The molecule has 2 unspecified atom stereocenters. The first-order chi connectivity index (χ1) is 7.54. The van der Waals surface area contributed by atoms with Crippen LogP contribution in [0.1, 0.15) is 39.5 Å². The molecule has 0 aromatic heterocycles. The van der Waals surface area contributed by atoms with Crippen LogP contribution in [0.4, 0.5) is 0 Å². The molecule has 0 aliphatic heterocycles. The molecule has 0 saturated heterocycles. The zero-order chi connectivity index (χ0) is 12.1. The van der Waals surface area contributed by atoms with Gasteiger partial charge in [0.15, 0.2) is 0 Å². The van der Waals surface area contributed by atoms with E-state index in [-0.39, 0.29) is 5.91 Å². The molecule has 1 fully saturated rings. The Bertz CT molecular complexity index is 264. The van der Waals surface area contributed by atoms with E-state index in [1.165, 1.54) is 0 Å². The third kappa shape index (κ3) is 4.18. The largest absolute Gasteiger partial charge is 0.480 e. The number of aliphatic carboxylic acids is 1. The minimum Gasteiger partial charge on any atom is -0.480 e. The summed E-state index contributed by atoms with van der Waals surface area (Å²) >= 11 is 0. The Kier molecular flexibility index (Phi) is 4.73. The van der Waals surface area contributed by atoms with Crippen LogP contribution in [0.15, 0.2) is 0 Å². The van der Waals surface area contributed by atoms with Gasteiger partial charge in [-0.05, 0) is 26.2 Å². The molecular weight excluding hydrogens is 208 g/mol.